The van der Waals surface area contributed by atoms with Gasteiger partial charge in [-0.1, -0.05) is 59.6 Å². The lowest BCUT2D eigenvalue weighted by atomic mass is 10.0. The maximum Gasteiger partial charge on any atom is 0.224 e. The third-order valence-corrected chi connectivity index (χ3v) is 5.71. The van der Waals surface area contributed by atoms with Crippen LogP contribution in [-0.4, -0.2) is 17.4 Å². The van der Waals surface area contributed by atoms with E-state index in [1.54, 1.807) is 42.1 Å². The van der Waals surface area contributed by atoms with Gasteiger partial charge in [0.05, 0.1) is 5.69 Å². The van der Waals surface area contributed by atoms with Crippen molar-refractivity contribution in [3.8, 4) is 0 Å². The molecule has 5 heteroatoms. The van der Waals surface area contributed by atoms with Crippen molar-refractivity contribution in [3.63, 3.8) is 0 Å². The van der Waals surface area contributed by atoms with Crippen molar-refractivity contribution in [2.45, 2.75) is 24.7 Å². The molecule has 0 aliphatic heterocycles. The van der Waals surface area contributed by atoms with Crippen LogP contribution in [0.3, 0.4) is 0 Å². The first-order valence-corrected chi connectivity index (χ1v) is 10.8. The molecule has 0 spiro atoms. The van der Waals surface area contributed by atoms with E-state index in [9.17, 15) is 9.59 Å². The summed E-state index contributed by atoms with van der Waals surface area (Å²) in [6.07, 6.45) is 1.14. The number of nitrogens with one attached hydrogen (secondary N) is 1. The first-order valence-electron chi connectivity index (χ1n) is 9.41. The van der Waals surface area contributed by atoms with E-state index in [-0.39, 0.29) is 11.7 Å². The normalized spacial score (nSPS) is 10.6. The minimum atomic E-state index is -0.168. The van der Waals surface area contributed by atoms with Crippen LogP contribution >= 0.6 is 23.4 Å². The second-order valence-corrected chi connectivity index (χ2v) is 8.30. The van der Waals surface area contributed by atoms with Crippen LogP contribution in [0.2, 0.25) is 5.02 Å². The lowest BCUT2D eigenvalue weighted by molar-refractivity contribution is -0.116. The van der Waals surface area contributed by atoms with Crippen LogP contribution < -0.4 is 5.32 Å². The van der Waals surface area contributed by atoms with Crippen molar-refractivity contribution in [2.75, 3.05) is 11.1 Å². The zero-order valence-corrected chi connectivity index (χ0v) is 17.7. The molecule has 29 heavy (non-hydrogen) atoms. The molecule has 0 bridgehead atoms. The van der Waals surface area contributed by atoms with E-state index in [2.05, 4.69) is 36.5 Å². The number of rotatable bonds is 8. The molecule has 0 aromatic heterocycles. The molecule has 3 nitrogen and oxygen atoms in total. The lowest BCUT2D eigenvalue weighted by Crippen LogP contribution is -2.15. The van der Waals surface area contributed by atoms with Crippen molar-refractivity contribution >= 4 is 40.7 Å². The predicted molar refractivity (Wildman–Crippen MR) is 121 cm³/mol. The van der Waals surface area contributed by atoms with Gasteiger partial charge in [0.25, 0.3) is 0 Å². The highest BCUT2D eigenvalue weighted by Crippen LogP contribution is 2.24. The van der Waals surface area contributed by atoms with Gasteiger partial charge in [-0.3, -0.25) is 9.59 Å². The Morgan fingerprint density at radius 3 is 2.41 bits per heavy atom. The number of carbonyl (C=O) groups is 2. The van der Waals surface area contributed by atoms with E-state index in [4.69, 9.17) is 11.6 Å². The summed E-state index contributed by atoms with van der Waals surface area (Å²) in [6, 6.07) is 22.3. The van der Waals surface area contributed by atoms with E-state index >= 15 is 0 Å². The molecule has 3 rings (SSSR count). The fourth-order valence-corrected chi connectivity index (χ4v) is 3.85. The molecule has 3 aromatic rings. The van der Waals surface area contributed by atoms with Crippen LogP contribution in [0.15, 0.2) is 77.7 Å². The number of amides is 1. The van der Waals surface area contributed by atoms with E-state index in [0.717, 1.165) is 12.2 Å². The Labute approximate surface area is 180 Å². The molecule has 1 N–H and O–H groups in total. The maximum absolute atomic E-state index is 12.8. The third kappa shape index (κ3) is 6.21. The molecular formula is C24H22ClNO2S. The van der Waals surface area contributed by atoms with Crippen molar-refractivity contribution < 1.29 is 9.59 Å². The van der Waals surface area contributed by atoms with Gasteiger partial charge in [-0.15, -0.1) is 11.8 Å². The highest BCUT2D eigenvalue weighted by atomic mass is 35.5. The molecule has 0 heterocycles. The van der Waals surface area contributed by atoms with Crippen LogP contribution in [0.4, 0.5) is 5.69 Å². The van der Waals surface area contributed by atoms with E-state index in [0.29, 0.717) is 28.3 Å². The Bertz CT molecular complexity index is 988. The maximum atomic E-state index is 12.8. The molecule has 0 unspecified atom stereocenters. The number of hydrogen-bond acceptors (Lipinski definition) is 3. The molecule has 0 aliphatic rings. The topological polar surface area (TPSA) is 46.2 Å². The van der Waals surface area contributed by atoms with Crippen molar-refractivity contribution in [1.29, 1.82) is 0 Å². The third-order valence-electron chi connectivity index (χ3n) is 4.37. The second kappa shape index (κ2) is 10.3. The molecule has 3 aromatic carbocycles. The highest BCUT2D eigenvalue weighted by Gasteiger charge is 2.16. The molecule has 1 amide bonds. The average Bonchev–Trinajstić information content (AvgIpc) is 2.74. The molecule has 0 fully saturated rings. The Hall–Kier alpha value is -2.56. The van der Waals surface area contributed by atoms with Gasteiger partial charge < -0.3 is 5.32 Å². The van der Waals surface area contributed by atoms with Crippen LogP contribution in [0, 0.1) is 6.92 Å². The molecule has 0 saturated carbocycles. The summed E-state index contributed by atoms with van der Waals surface area (Å²) in [5.41, 5.74) is 2.67. The largest absolute Gasteiger partial charge is 0.325 e. The summed E-state index contributed by atoms with van der Waals surface area (Å²) in [5.74, 6) is 0.574. The number of hydrogen-bond donors (Lipinski definition) is 1. The quantitative estimate of drug-likeness (QED) is 0.259. The zero-order chi connectivity index (χ0) is 20.6. The summed E-state index contributed by atoms with van der Waals surface area (Å²) in [7, 11) is 0. The Balaban J connectivity index is 1.58. The first kappa shape index (κ1) is 21.2. The molecule has 148 valence electrons. The highest BCUT2D eigenvalue weighted by molar-refractivity contribution is 7.99. The van der Waals surface area contributed by atoms with E-state index < -0.39 is 0 Å². The van der Waals surface area contributed by atoms with Gasteiger partial charge in [0.15, 0.2) is 5.78 Å². The Morgan fingerprint density at radius 2 is 1.69 bits per heavy atom. The number of thioether (sulfide) groups is 1. The van der Waals surface area contributed by atoms with E-state index in [1.165, 1.54) is 10.5 Å². The van der Waals surface area contributed by atoms with Crippen molar-refractivity contribution in [2.24, 2.45) is 0 Å². The number of halogens is 1. The van der Waals surface area contributed by atoms with Crippen LogP contribution in [0.5, 0.6) is 0 Å². The van der Waals surface area contributed by atoms with Gasteiger partial charge in [0.2, 0.25) is 5.91 Å². The van der Waals surface area contributed by atoms with Crippen LogP contribution in [-0.2, 0) is 4.79 Å². The lowest BCUT2D eigenvalue weighted by Gasteiger charge is -2.11. The van der Waals surface area contributed by atoms with Gasteiger partial charge >= 0.3 is 0 Å². The molecule has 0 atom stereocenters. The fraction of sp³-hybridized carbons (Fsp3) is 0.167. The number of carbonyl (C=O) groups excluding carboxylic acids is 2. The number of aryl methyl sites for hydroxylation is 1. The van der Waals surface area contributed by atoms with Gasteiger partial charge in [-0.2, -0.15) is 0 Å². The smallest absolute Gasteiger partial charge is 0.224 e. The Morgan fingerprint density at radius 1 is 0.966 bits per heavy atom. The van der Waals surface area contributed by atoms with Crippen molar-refractivity contribution in [3.05, 3.63) is 94.5 Å². The van der Waals surface area contributed by atoms with Gasteiger partial charge in [-0.25, -0.2) is 0 Å². The van der Waals surface area contributed by atoms with Gasteiger partial charge in [-0.05, 0) is 49.4 Å². The van der Waals surface area contributed by atoms with Crippen LogP contribution in [0.25, 0.3) is 0 Å². The zero-order valence-electron chi connectivity index (χ0n) is 16.2. The van der Waals surface area contributed by atoms with Crippen LogP contribution in [0.1, 0.15) is 34.3 Å². The number of benzene rings is 3. The Kier molecular flexibility index (Phi) is 7.50. The summed E-state index contributed by atoms with van der Waals surface area (Å²) in [4.78, 5) is 26.4. The molecule has 0 saturated heterocycles. The van der Waals surface area contributed by atoms with Gasteiger partial charge in [0.1, 0.15) is 0 Å². The summed E-state index contributed by atoms with van der Waals surface area (Å²) in [6.45, 7) is 2.06. The molecule has 0 radical (unpaired) electrons. The number of anilines is 1. The molecule has 0 aliphatic carbocycles. The van der Waals surface area contributed by atoms with Crippen molar-refractivity contribution in [1.82, 2.24) is 0 Å². The fourth-order valence-electron chi connectivity index (χ4n) is 2.83. The average molecular weight is 424 g/mol. The predicted octanol–water partition coefficient (Wildman–Crippen LogP) is 6.39. The molecular weight excluding hydrogens is 402 g/mol. The monoisotopic (exact) mass is 423 g/mol. The van der Waals surface area contributed by atoms with Gasteiger partial charge in [0, 0.05) is 27.5 Å². The minimum absolute atomic E-state index is 0.112. The standard InChI is InChI=1S/C24H22ClNO2S/c1-17-9-12-20(13-10-17)29-15-5-8-23(27)26-22-14-11-19(25)16-21(22)24(28)18-6-3-2-4-7-18/h2-4,6-7,9-14,16H,5,8,15H2,1H3,(H,26,27). The minimum Gasteiger partial charge on any atom is -0.325 e. The summed E-state index contributed by atoms with van der Waals surface area (Å²) < 4.78 is 0. The summed E-state index contributed by atoms with van der Waals surface area (Å²) >= 11 is 7.82. The number of ketones is 1. The summed E-state index contributed by atoms with van der Waals surface area (Å²) in [5, 5.41) is 3.32. The van der Waals surface area contributed by atoms with E-state index in [1.807, 2.05) is 18.2 Å². The first-order chi connectivity index (χ1) is 14.0. The SMILES string of the molecule is Cc1ccc(SCCCC(=O)Nc2ccc(Cl)cc2C(=O)c2ccccc2)cc1. The second-order valence-electron chi connectivity index (χ2n) is 6.70.